The van der Waals surface area contributed by atoms with E-state index in [1.54, 1.807) is 0 Å². The first-order valence-corrected chi connectivity index (χ1v) is 15.0. The predicted octanol–water partition coefficient (Wildman–Crippen LogP) is 10.1. The molecule has 0 saturated heterocycles. The molecule has 0 heterocycles. The Hall–Kier alpha value is -0.0800. The van der Waals surface area contributed by atoms with Crippen molar-refractivity contribution >= 4 is 0 Å². The first-order valence-electron chi connectivity index (χ1n) is 15.0. The predicted molar refractivity (Wildman–Crippen MR) is 146 cm³/mol. The van der Waals surface area contributed by atoms with Gasteiger partial charge in [-0.15, -0.1) is 0 Å². The third-order valence-corrected chi connectivity index (χ3v) is 6.52. The second-order valence-corrected chi connectivity index (χ2v) is 9.93. The maximum absolute atomic E-state index is 8.63. The zero-order chi connectivity index (χ0) is 23.8. The Bertz CT molecular complexity index is 224. The lowest BCUT2D eigenvalue weighted by atomic mass is 10.0. The van der Waals surface area contributed by atoms with E-state index < -0.39 is 0 Å². The summed E-state index contributed by atoms with van der Waals surface area (Å²) in [4.78, 5) is 0. The number of hydrogen-bond acceptors (Lipinski definition) is 2. The van der Waals surface area contributed by atoms with Crippen molar-refractivity contribution < 1.29 is 10.2 Å². The smallest absolute Gasteiger partial charge is 0.0431 e. The highest BCUT2D eigenvalue weighted by atomic mass is 16.3. The summed E-state index contributed by atoms with van der Waals surface area (Å²) in [5.41, 5.74) is 0. The molecule has 0 aliphatic heterocycles. The van der Waals surface area contributed by atoms with Crippen LogP contribution in [0.4, 0.5) is 0 Å². The maximum atomic E-state index is 8.63. The molecule has 0 fully saturated rings. The Labute approximate surface area is 204 Å². The van der Waals surface area contributed by atoms with Crippen molar-refractivity contribution in [1.29, 1.82) is 0 Å². The van der Waals surface area contributed by atoms with Crippen molar-refractivity contribution in [2.45, 2.75) is 181 Å². The minimum atomic E-state index is 0.373. The fourth-order valence-corrected chi connectivity index (χ4v) is 4.26. The van der Waals surface area contributed by atoms with Gasteiger partial charge in [-0.2, -0.15) is 0 Å². The third-order valence-electron chi connectivity index (χ3n) is 6.52. The highest BCUT2D eigenvalue weighted by Crippen LogP contribution is 2.13. The van der Waals surface area contributed by atoms with Gasteiger partial charge in [0.1, 0.15) is 0 Å². The quantitative estimate of drug-likeness (QED) is 0.127. The summed E-state index contributed by atoms with van der Waals surface area (Å²) in [5, 5.41) is 17.3. The fraction of sp³-hybridized carbons (Fsp3) is 1.00. The van der Waals surface area contributed by atoms with Crippen molar-refractivity contribution in [3.63, 3.8) is 0 Å². The van der Waals surface area contributed by atoms with Gasteiger partial charge in [-0.05, 0) is 12.8 Å². The minimum Gasteiger partial charge on any atom is -0.396 e. The van der Waals surface area contributed by atoms with Crippen molar-refractivity contribution in [3.8, 4) is 0 Å². The average Bonchev–Trinajstić information content (AvgIpc) is 2.81. The van der Waals surface area contributed by atoms with Crippen LogP contribution in [0.1, 0.15) is 181 Å². The van der Waals surface area contributed by atoms with E-state index in [4.69, 9.17) is 10.2 Å². The average molecular weight is 457 g/mol. The molecule has 0 aromatic carbocycles. The summed E-state index contributed by atoms with van der Waals surface area (Å²) in [5.74, 6) is 0. The Morgan fingerprint density at radius 2 is 0.406 bits per heavy atom. The van der Waals surface area contributed by atoms with Gasteiger partial charge in [0.25, 0.3) is 0 Å². The Morgan fingerprint density at radius 3 is 0.562 bits per heavy atom. The number of aliphatic hydroxyl groups is 2. The van der Waals surface area contributed by atoms with Crippen LogP contribution in [-0.2, 0) is 0 Å². The molecule has 0 aromatic rings. The second-order valence-electron chi connectivity index (χ2n) is 9.93. The molecule has 0 saturated carbocycles. The van der Waals surface area contributed by atoms with Crippen LogP contribution >= 0.6 is 0 Å². The summed E-state index contributed by atoms with van der Waals surface area (Å²) < 4.78 is 0. The van der Waals surface area contributed by atoms with Gasteiger partial charge in [0.15, 0.2) is 0 Å². The fourth-order valence-electron chi connectivity index (χ4n) is 4.26. The van der Waals surface area contributed by atoms with Gasteiger partial charge in [-0.1, -0.05) is 168 Å². The Morgan fingerprint density at radius 1 is 0.250 bits per heavy atom. The summed E-state index contributed by atoms with van der Waals surface area (Å²) in [7, 11) is 0. The topological polar surface area (TPSA) is 40.5 Å². The standard InChI is InChI=1S/2C15H32O/c2*1-2-3-4-5-6-7-8-9-10-11-12-13-14-15-16/h2*16H,2-15H2,1H3. The maximum Gasteiger partial charge on any atom is 0.0431 e. The molecule has 0 amide bonds. The van der Waals surface area contributed by atoms with Crippen LogP contribution in [0.25, 0.3) is 0 Å². The molecule has 0 spiro atoms. The van der Waals surface area contributed by atoms with Gasteiger partial charge < -0.3 is 10.2 Å². The van der Waals surface area contributed by atoms with E-state index in [-0.39, 0.29) is 0 Å². The molecule has 0 bridgehead atoms. The van der Waals surface area contributed by atoms with Gasteiger partial charge in [0.05, 0.1) is 0 Å². The molecule has 0 atom stereocenters. The van der Waals surface area contributed by atoms with E-state index >= 15 is 0 Å². The van der Waals surface area contributed by atoms with Gasteiger partial charge in [0.2, 0.25) is 0 Å². The summed E-state index contributed by atoms with van der Waals surface area (Å²) in [6.07, 6.45) is 35.5. The lowest BCUT2D eigenvalue weighted by Crippen LogP contribution is -1.84. The molecule has 0 aromatic heterocycles. The Kier molecular flexibility index (Phi) is 37.8. The monoisotopic (exact) mass is 456 g/mol. The number of aliphatic hydroxyl groups excluding tert-OH is 2. The van der Waals surface area contributed by atoms with Gasteiger partial charge in [0, 0.05) is 13.2 Å². The van der Waals surface area contributed by atoms with Gasteiger partial charge in [-0.25, -0.2) is 0 Å². The van der Waals surface area contributed by atoms with Crippen LogP contribution in [-0.4, -0.2) is 23.4 Å². The first-order chi connectivity index (χ1) is 15.8. The van der Waals surface area contributed by atoms with Crippen LogP contribution < -0.4 is 0 Å². The molecule has 0 aliphatic rings. The molecule has 2 N–H and O–H groups in total. The molecular weight excluding hydrogens is 392 g/mol. The van der Waals surface area contributed by atoms with Crippen LogP contribution in [0, 0.1) is 0 Å². The lowest BCUT2D eigenvalue weighted by Gasteiger charge is -2.02. The van der Waals surface area contributed by atoms with Crippen LogP contribution in [0.2, 0.25) is 0 Å². The van der Waals surface area contributed by atoms with Crippen molar-refractivity contribution in [1.82, 2.24) is 0 Å². The van der Waals surface area contributed by atoms with Crippen molar-refractivity contribution in [2.24, 2.45) is 0 Å². The zero-order valence-corrected chi connectivity index (χ0v) is 22.7. The number of unbranched alkanes of at least 4 members (excludes halogenated alkanes) is 24. The molecule has 2 heteroatoms. The van der Waals surface area contributed by atoms with E-state index in [2.05, 4.69) is 13.8 Å². The zero-order valence-electron chi connectivity index (χ0n) is 22.7. The SMILES string of the molecule is CCCCCCCCCCCCCCCO.CCCCCCCCCCCCCCCO. The van der Waals surface area contributed by atoms with Crippen molar-refractivity contribution in [3.05, 3.63) is 0 Å². The van der Waals surface area contributed by atoms with Gasteiger partial charge >= 0.3 is 0 Å². The normalized spacial score (nSPS) is 10.9. The van der Waals surface area contributed by atoms with E-state index in [9.17, 15) is 0 Å². The van der Waals surface area contributed by atoms with E-state index in [1.807, 2.05) is 0 Å². The first kappa shape index (κ1) is 34.1. The third kappa shape index (κ3) is 37.2. The molecule has 2 nitrogen and oxygen atoms in total. The molecule has 0 radical (unpaired) electrons. The molecule has 32 heavy (non-hydrogen) atoms. The summed E-state index contributed by atoms with van der Waals surface area (Å²) in [6.45, 7) is 5.29. The van der Waals surface area contributed by atoms with Gasteiger partial charge in [-0.3, -0.25) is 0 Å². The molecule has 0 rings (SSSR count). The largest absolute Gasteiger partial charge is 0.396 e. The lowest BCUT2D eigenvalue weighted by molar-refractivity contribution is 0.282. The van der Waals surface area contributed by atoms with Crippen LogP contribution in [0.5, 0.6) is 0 Å². The minimum absolute atomic E-state index is 0.373. The van der Waals surface area contributed by atoms with E-state index in [0.29, 0.717) is 13.2 Å². The summed E-state index contributed by atoms with van der Waals surface area (Å²) >= 11 is 0. The highest BCUT2D eigenvalue weighted by Gasteiger charge is 1.94. The molecule has 196 valence electrons. The van der Waals surface area contributed by atoms with Crippen molar-refractivity contribution in [2.75, 3.05) is 13.2 Å². The Balaban J connectivity index is 0. The molecular formula is C30H64O2. The van der Waals surface area contributed by atoms with E-state index in [0.717, 1.165) is 12.8 Å². The second kappa shape index (κ2) is 35.5. The van der Waals surface area contributed by atoms with Crippen LogP contribution in [0.15, 0.2) is 0 Å². The number of hydrogen-bond donors (Lipinski definition) is 2. The molecule has 0 aliphatic carbocycles. The van der Waals surface area contributed by atoms with Crippen LogP contribution in [0.3, 0.4) is 0 Å². The highest BCUT2D eigenvalue weighted by molar-refractivity contribution is 4.49. The molecule has 0 unspecified atom stereocenters. The van der Waals surface area contributed by atoms with E-state index in [1.165, 1.54) is 154 Å². The summed E-state index contributed by atoms with van der Waals surface area (Å²) in [6, 6.07) is 0. The number of rotatable bonds is 26.